The Labute approximate surface area is 146 Å². The van der Waals surface area contributed by atoms with Gasteiger partial charge in [0.2, 0.25) is 0 Å². The van der Waals surface area contributed by atoms with Crippen LogP contribution in [0.4, 0.5) is 5.69 Å². The molecule has 25 heavy (non-hydrogen) atoms. The van der Waals surface area contributed by atoms with E-state index in [-0.39, 0.29) is 5.91 Å². The molecule has 0 saturated heterocycles. The van der Waals surface area contributed by atoms with E-state index in [2.05, 4.69) is 38.8 Å². The zero-order valence-electron chi connectivity index (χ0n) is 13.7. The summed E-state index contributed by atoms with van der Waals surface area (Å²) in [6, 6.07) is 13.8. The van der Waals surface area contributed by atoms with Gasteiger partial charge in [0.25, 0.3) is 5.91 Å². The van der Waals surface area contributed by atoms with Gasteiger partial charge in [-0.15, -0.1) is 0 Å². The van der Waals surface area contributed by atoms with E-state index in [1.54, 1.807) is 18.6 Å². The summed E-state index contributed by atoms with van der Waals surface area (Å²) in [6.45, 7) is 1.44. The molecule has 0 spiro atoms. The van der Waals surface area contributed by atoms with E-state index in [1.807, 2.05) is 24.3 Å². The van der Waals surface area contributed by atoms with Crippen molar-refractivity contribution in [2.24, 2.45) is 0 Å². The summed E-state index contributed by atoms with van der Waals surface area (Å²) in [4.78, 5) is 20.7. The number of nitrogens with zero attached hydrogens (tertiary/aromatic N) is 2. The van der Waals surface area contributed by atoms with Crippen molar-refractivity contribution in [3.05, 3.63) is 77.7 Å². The number of benzene rings is 1. The summed E-state index contributed by atoms with van der Waals surface area (Å²) < 4.78 is 0. The number of aromatic nitrogens is 2. The molecule has 0 unspecified atom stereocenters. The van der Waals surface area contributed by atoms with Crippen LogP contribution in [-0.2, 0) is 13.0 Å². The molecule has 0 aliphatic carbocycles. The molecule has 3 heterocycles. The summed E-state index contributed by atoms with van der Waals surface area (Å²) in [5.41, 5.74) is 5.98. The number of hydrogen-bond donors (Lipinski definition) is 2. The van der Waals surface area contributed by atoms with Crippen LogP contribution in [0.2, 0.25) is 0 Å². The number of hydrogen-bond acceptors (Lipinski definition) is 4. The fourth-order valence-electron chi connectivity index (χ4n) is 2.95. The third-order valence-corrected chi connectivity index (χ3v) is 4.31. The maximum Gasteiger partial charge on any atom is 0.253 e. The number of carbonyl (C=O) groups excluding carboxylic acids is 1. The highest BCUT2D eigenvalue weighted by molar-refractivity contribution is 5.94. The second-order valence-corrected chi connectivity index (χ2v) is 6.02. The van der Waals surface area contributed by atoms with Gasteiger partial charge in [-0.3, -0.25) is 14.8 Å². The van der Waals surface area contributed by atoms with E-state index in [0.717, 1.165) is 29.8 Å². The lowest BCUT2D eigenvalue weighted by atomic mass is 10.1. The number of carbonyl (C=O) groups is 1. The van der Waals surface area contributed by atoms with Gasteiger partial charge in [0.1, 0.15) is 0 Å². The number of anilines is 1. The molecule has 2 aromatic heterocycles. The van der Waals surface area contributed by atoms with Gasteiger partial charge in [0, 0.05) is 42.9 Å². The fourth-order valence-corrected chi connectivity index (χ4v) is 2.95. The van der Waals surface area contributed by atoms with Crippen molar-refractivity contribution in [1.29, 1.82) is 0 Å². The first kappa shape index (κ1) is 15.3. The Morgan fingerprint density at radius 1 is 1.16 bits per heavy atom. The van der Waals surface area contributed by atoms with Crippen molar-refractivity contribution in [2.75, 3.05) is 11.9 Å². The Morgan fingerprint density at radius 3 is 2.92 bits per heavy atom. The first-order chi connectivity index (χ1) is 12.3. The predicted molar refractivity (Wildman–Crippen MR) is 97.3 cm³/mol. The van der Waals surface area contributed by atoms with Gasteiger partial charge in [0.15, 0.2) is 0 Å². The minimum atomic E-state index is -0.138. The normalized spacial score (nSPS) is 12.3. The number of fused-ring (bicyclic) bond motifs is 1. The van der Waals surface area contributed by atoms with Gasteiger partial charge in [-0.25, -0.2) is 0 Å². The fraction of sp³-hybridized carbons (Fsp3) is 0.150. The minimum Gasteiger partial charge on any atom is -0.384 e. The third kappa shape index (κ3) is 3.35. The van der Waals surface area contributed by atoms with Crippen molar-refractivity contribution in [1.82, 2.24) is 15.3 Å². The van der Waals surface area contributed by atoms with Crippen molar-refractivity contribution in [3.8, 4) is 11.3 Å². The van der Waals surface area contributed by atoms with Crippen LogP contribution >= 0.6 is 0 Å². The smallest absolute Gasteiger partial charge is 0.253 e. The second-order valence-electron chi connectivity index (χ2n) is 6.02. The molecule has 5 nitrogen and oxygen atoms in total. The second kappa shape index (κ2) is 6.73. The van der Waals surface area contributed by atoms with Crippen molar-refractivity contribution in [2.45, 2.75) is 13.0 Å². The minimum absolute atomic E-state index is 0.138. The maximum atomic E-state index is 12.2. The van der Waals surface area contributed by atoms with E-state index in [1.165, 1.54) is 11.3 Å². The largest absolute Gasteiger partial charge is 0.384 e. The van der Waals surface area contributed by atoms with Gasteiger partial charge in [-0.2, -0.15) is 0 Å². The lowest BCUT2D eigenvalue weighted by Gasteiger charge is -2.07. The standard InChI is InChI=1S/C20H18N4O/c25-20(24-12-14-2-1-8-21-11-14)17-4-6-19(23-13-17)15-3-5-18-16(10-15)7-9-22-18/h1-6,8,10-11,13,22H,7,9,12H2,(H,24,25). The molecule has 0 saturated carbocycles. The molecular formula is C20H18N4O. The molecule has 5 heteroatoms. The number of pyridine rings is 2. The molecule has 1 aromatic carbocycles. The molecule has 4 rings (SSSR count). The van der Waals surface area contributed by atoms with Crippen LogP contribution in [-0.4, -0.2) is 22.4 Å². The van der Waals surface area contributed by atoms with Crippen LogP contribution in [0.5, 0.6) is 0 Å². The lowest BCUT2D eigenvalue weighted by molar-refractivity contribution is 0.0950. The predicted octanol–water partition coefficient (Wildman–Crippen LogP) is 3.04. The monoisotopic (exact) mass is 330 g/mol. The van der Waals surface area contributed by atoms with Gasteiger partial charge in [-0.05, 0) is 47.9 Å². The lowest BCUT2D eigenvalue weighted by Crippen LogP contribution is -2.22. The van der Waals surface area contributed by atoms with E-state index >= 15 is 0 Å². The number of rotatable bonds is 4. The van der Waals surface area contributed by atoms with E-state index in [4.69, 9.17) is 0 Å². The molecule has 0 fully saturated rings. The Balaban J connectivity index is 1.45. The summed E-state index contributed by atoms with van der Waals surface area (Å²) in [5.74, 6) is -0.138. The van der Waals surface area contributed by atoms with E-state index in [9.17, 15) is 4.79 Å². The van der Waals surface area contributed by atoms with Crippen LogP contribution < -0.4 is 10.6 Å². The van der Waals surface area contributed by atoms with Crippen LogP contribution in [0, 0.1) is 0 Å². The molecule has 2 N–H and O–H groups in total. The zero-order valence-corrected chi connectivity index (χ0v) is 13.7. The molecule has 124 valence electrons. The zero-order chi connectivity index (χ0) is 17.1. The summed E-state index contributed by atoms with van der Waals surface area (Å²) in [5, 5.41) is 6.23. The third-order valence-electron chi connectivity index (χ3n) is 4.31. The molecule has 1 amide bonds. The average Bonchev–Trinajstić information content (AvgIpc) is 3.15. The molecule has 3 aromatic rings. The number of nitrogens with one attached hydrogen (secondary N) is 2. The summed E-state index contributed by atoms with van der Waals surface area (Å²) in [6.07, 6.45) is 6.12. The van der Waals surface area contributed by atoms with Gasteiger partial charge in [-0.1, -0.05) is 12.1 Å². The topological polar surface area (TPSA) is 66.9 Å². The average molecular weight is 330 g/mol. The molecule has 0 bridgehead atoms. The summed E-state index contributed by atoms with van der Waals surface area (Å²) in [7, 11) is 0. The quantitative estimate of drug-likeness (QED) is 0.771. The molecular weight excluding hydrogens is 312 g/mol. The Hall–Kier alpha value is -3.21. The van der Waals surface area contributed by atoms with Crippen LogP contribution in [0.15, 0.2) is 61.1 Å². The highest BCUT2D eigenvalue weighted by Gasteiger charge is 2.12. The first-order valence-electron chi connectivity index (χ1n) is 8.30. The summed E-state index contributed by atoms with van der Waals surface area (Å²) >= 11 is 0. The maximum absolute atomic E-state index is 12.2. The van der Waals surface area contributed by atoms with Gasteiger partial charge >= 0.3 is 0 Å². The molecule has 0 radical (unpaired) electrons. The first-order valence-corrected chi connectivity index (χ1v) is 8.30. The Bertz CT molecular complexity index is 891. The van der Waals surface area contributed by atoms with Crippen LogP contribution in [0.3, 0.4) is 0 Å². The van der Waals surface area contributed by atoms with Gasteiger partial charge < -0.3 is 10.6 Å². The Morgan fingerprint density at radius 2 is 2.12 bits per heavy atom. The molecule has 1 aliphatic heterocycles. The molecule has 1 aliphatic rings. The van der Waals surface area contributed by atoms with Crippen LogP contribution in [0.25, 0.3) is 11.3 Å². The number of amides is 1. The van der Waals surface area contributed by atoms with Crippen LogP contribution in [0.1, 0.15) is 21.5 Å². The SMILES string of the molecule is O=C(NCc1cccnc1)c1ccc(-c2ccc3c(c2)CCN3)nc1. The van der Waals surface area contributed by atoms with Crippen molar-refractivity contribution >= 4 is 11.6 Å². The highest BCUT2D eigenvalue weighted by Crippen LogP contribution is 2.27. The van der Waals surface area contributed by atoms with Crippen molar-refractivity contribution < 1.29 is 4.79 Å². The van der Waals surface area contributed by atoms with Gasteiger partial charge in [0.05, 0.1) is 11.3 Å². The molecule has 0 atom stereocenters. The highest BCUT2D eigenvalue weighted by atomic mass is 16.1. The van der Waals surface area contributed by atoms with E-state index < -0.39 is 0 Å². The van der Waals surface area contributed by atoms with Crippen molar-refractivity contribution in [3.63, 3.8) is 0 Å². The Kier molecular flexibility index (Phi) is 4.12. The van der Waals surface area contributed by atoms with E-state index in [0.29, 0.717) is 12.1 Å².